The highest BCUT2D eigenvalue weighted by Crippen LogP contribution is 2.48. The molecule has 1 saturated heterocycles. The Labute approximate surface area is 209 Å². The van der Waals surface area contributed by atoms with Crippen LogP contribution in [0.4, 0.5) is 5.13 Å². The van der Waals surface area contributed by atoms with Crippen molar-refractivity contribution in [3.8, 4) is 5.75 Å². The number of aromatic nitrogens is 2. The molecule has 11 heteroatoms. The summed E-state index contributed by atoms with van der Waals surface area (Å²) in [6.45, 7) is 3.18. The second-order valence-electron chi connectivity index (χ2n) is 8.59. The summed E-state index contributed by atoms with van der Waals surface area (Å²) in [6, 6.07) is 7.58. The number of hydrogen-bond donors (Lipinski definition) is 3. The predicted octanol–water partition coefficient (Wildman–Crippen LogP) is 4.25. The van der Waals surface area contributed by atoms with Crippen LogP contribution in [0.5, 0.6) is 5.75 Å². The molecule has 1 unspecified atom stereocenters. The molecule has 2 aliphatic rings. The van der Waals surface area contributed by atoms with Gasteiger partial charge >= 0.3 is 5.97 Å². The van der Waals surface area contributed by atoms with E-state index in [-0.39, 0.29) is 39.4 Å². The molecule has 34 heavy (non-hydrogen) atoms. The van der Waals surface area contributed by atoms with Gasteiger partial charge < -0.3 is 25.0 Å². The fourth-order valence-electron chi connectivity index (χ4n) is 4.59. The molecule has 2 aromatic heterocycles. The highest BCUT2D eigenvalue weighted by molar-refractivity contribution is 7.17. The van der Waals surface area contributed by atoms with Crippen LogP contribution in [-0.2, 0) is 6.42 Å². The van der Waals surface area contributed by atoms with Gasteiger partial charge in [-0.1, -0.05) is 46.7 Å². The van der Waals surface area contributed by atoms with Crippen LogP contribution in [0.15, 0.2) is 24.3 Å². The van der Waals surface area contributed by atoms with Crippen LogP contribution < -0.4 is 15.0 Å². The Morgan fingerprint density at radius 3 is 2.65 bits per heavy atom. The second-order valence-corrected chi connectivity index (χ2v) is 10.3. The summed E-state index contributed by atoms with van der Waals surface area (Å²) in [5, 5.41) is 14.0. The number of ether oxygens (including phenoxy) is 1. The number of fused-ring (bicyclic) bond motifs is 1. The van der Waals surface area contributed by atoms with Crippen molar-refractivity contribution in [1.29, 1.82) is 0 Å². The summed E-state index contributed by atoms with van der Waals surface area (Å²) in [5.41, 5.74) is 2.41. The van der Waals surface area contributed by atoms with Crippen LogP contribution in [0, 0.1) is 18.8 Å². The summed E-state index contributed by atoms with van der Waals surface area (Å²) in [4.78, 5) is 34.4. The normalized spacial score (nSPS) is 20.8. The topological polar surface area (TPSA) is 108 Å². The second kappa shape index (κ2) is 8.79. The lowest BCUT2D eigenvalue weighted by molar-refractivity contribution is 0.0700. The maximum Gasteiger partial charge on any atom is 0.347 e. The van der Waals surface area contributed by atoms with Gasteiger partial charge in [-0.05, 0) is 24.6 Å². The maximum atomic E-state index is 12.6. The number of methoxy groups -OCH3 is 1. The van der Waals surface area contributed by atoms with Gasteiger partial charge in [-0.3, -0.25) is 4.79 Å². The maximum absolute atomic E-state index is 12.6. The van der Waals surface area contributed by atoms with Gasteiger partial charge in [-0.25, -0.2) is 9.78 Å². The van der Waals surface area contributed by atoms with Crippen molar-refractivity contribution in [1.82, 2.24) is 15.3 Å². The number of benzene rings is 1. The number of hydrogen-bond acceptors (Lipinski definition) is 6. The van der Waals surface area contributed by atoms with Gasteiger partial charge in [-0.2, -0.15) is 0 Å². The number of carboxylic acid groups (broad SMARTS) is 1. The monoisotopic (exact) mass is 520 g/mol. The number of nitrogens with one attached hydrogen (secondary N) is 2. The number of aromatic carboxylic acids is 1. The number of thiazole rings is 1. The Hall–Kier alpha value is -2.75. The van der Waals surface area contributed by atoms with E-state index in [9.17, 15) is 14.7 Å². The van der Waals surface area contributed by atoms with Crippen molar-refractivity contribution in [3.63, 3.8) is 0 Å². The Morgan fingerprint density at radius 1 is 1.29 bits per heavy atom. The third-order valence-corrected chi connectivity index (χ3v) is 8.52. The van der Waals surface area contributed by atoms with E-state index < -0.39 is 5.97 Å². The molecule has 5 rings (SSSR count). The van der Waals surface area contributed by atoms with E-state index in [1.165, 1.54) is 11.3 Å². The lowest BCUT2D eigenvalue weighted by Crippen LogP contribution is -2.34. The molecule has 1 amide bonds. The third-order valence-electron chi connectivity index (χ3n) is 6.43. The van der Waals surface area contributed by atoms with Crippen LogP contribution in [-0.4, -0.2) is 53.2 Å². The standard InChI is InChI=1S/C23H22Cl2N4O4S/c1-10-16(24)17(25)19(26-10)21(30)28-18-13-8-29(9-14(13)18)23-27-15(20(34-23)22(31)32)7-11-4-3-5-12(6-11)33-2/h3-6,13-14,18,26H,7-9H2,1-2H3,(H,28,30)(H,31,32)/t13-,14+,18?. The minimum absolute atomic E-state index is 0.0531. The highest BCUT2D eigenvalue weighted by Gasteiger charge is 2.57. The first-order chi connectivity index (χ1) is 16.3. The fraction of sp³-hybridized carbons (Fsp3) is 0.348. The summed E-state index contributed by atoms with van der Waals surface area (Å²) in [6.07, 6.45) is 0.410. The van der Waals surface area contributed by atoms with Crippen molar-refractivity contribution < 1.29 is 19.4 Å². The average molecular weight is 521 g/mol. The average Bonchev–Trinajstić information content (AvgIpc) is 3.18. The molecule has 3 heterocycles. The molecule has 178 valence electrons. The van der Waals surface area contributed by atoms with Crippen molar-refractivity contribution in [3.05, 3.63) is 61.8 Å². The SMILES string of the molecule is COc1cccc(Cc2nc(N3C[C@@H]4C(NC(=O)c5[nH]c(C)c(Cl)c5Cl)[C@@H]4C3)sc2C(=O)O)c1. The zero-order chi connectivity index (χ0) is 24.1. The minimum atomic E-state index is -0.979. The number of halogens is 2. The van der Waals surface area contributed by atoms with Gasteiger partial charge in [0.2, 0.25) is 0 Å². The number of carbonyl (C=O) groups is 2. The van der Waals surface area contributed by atoms with Crippen LogP contribution in [0.2, 0.25) is 10.0 Å². The lowest BCUT2D eigenvalue weighted by atomic mass is 10.1. The van der Waals surface area contributed by atoms with Gasteiger partial charge in [0.1, 0.15) is 16.3 Å². The first-order valence-corrected chi connectivity index (χ1v) is 12.3. The Kier molecular flexibility index (Phi) is 5.95. The van der Waals surface area contributed by atoms with E-state index in [2.05, 4.69) is 20.2 Å². The molecule has 3 N–H and O–H groups in total. The lowest BCUT2D eigenvalue weighted by Gasteiger charge is -2.19. The molecular weight excluding hydrogens is 499 g/mol. The number of aromatic amines is 1. The van der Waals surface area contributed by atoms with Crippen LogP contribution in [0.25, 0.3) is 0 Å². The number of rotatable bonds is 7. The molecule has 0 radical (unpaired) electrons. The van der Waals surface area contributed by atoms with E-state index in [1.807, 2.05) is 24.3 Å². The summed E-state index contributed by atoms with van der Waals surface area (Å²) < 4.78 is 5.26. The number of nitrogens with zero attached hydrogens (tertiary/aromatic N) is 2. The first kappa shape index (κ1) is 23.0. The van der Waals surface area contributed by atoms with Crippen LogP contribution in [0.3, 0.4) is 0 Å². The Morgan fingerprint density at radius 2 is 2.03 bits per heavy atom. The number of amides is 1. The molecule has 3 aromatic rings. The summed E-state index contributed by atoms with van der Waals surface area (Å²) in [7, 11) is 1.60. The van der Waals surface area contributed by atoms with E-state index in [4.69, 9.17) is 27.9 Å². The van der Waals surface area contributed by atoms with E-state index in [1.54, 1.807) is 14.0 Å². The number of H-pyrrole nitrogens is 1. The van der Waals surface area contributed by atoms with Gasteiger partial charge in [0.25, 0.3) is 5.91 Å². The molecule has 1 aromatic carbocycles. The predicted molar refractivity (Wildman–Crippen MR) is 131 cm³/mol. The van der Waals surface area contributed by atoms with Gasteiger partial charge in [-0.15, -0.1) is 0 Å². The van der Waals surface area contributed by atoms with Crippen molar-refractivity contribution in [2.75, 3.05) is 25.1 Å². The zero-order valence-corrected chi connectivity index (χ0v) is 20.7. The molecule has 0 spiro atoms. The summed E-state index contributed by atoms with van der Waals surface area (Å²) >= 11 is 13.4. The van der Waals surface area contributed by atoms with E-state index >= 15 is 0 Å². The molecule has 1 aliphatic carbocycles. The van der Waals surface area contributed by atoms with E-state index in [0.717, 1.165) is 11.3 Å². The Balaban J connectivity index is 1.25. The van der Waals surface area contributed by atoms with Gasteiger partial charge in [0.05, 0.1) is 22.8 Å². The largest absolute Gasteiger partial charge is 0.497 e. The Bertz CT molecular complexity index is 1280. The molecular formula is C23H22Cl2N4O4S. The van der Waals surface area contributed by atoms with Gasteiger partial charge in [0, 0.05) is 43.1 Å². The van der Waals surface area contributed by atoms with E-state index in [0.29, 0.717) is 41.1 Å². The van der Waals surface area contributed by atoms with Crippen LogP contribution in [0.1, 0.15) is 37.1 Å². The summed E-state index contributed by atoms with van der Waals surface area (Å²) in [5.74, 6) is 0.0408. The molecule has 2 fully saturated rings. The molecule has 8 nitrogen and oxygen atoms in total. The van der Waals surface area contributed by atoms with Crippen molar-refractivity contribution in [2.24, 2.45) is 11.8 Å². The van der Waals surface area contributed by atoms with Gasteiger partial charge in [0.15, 0.2) is 5.13 Å². The zero-order valence-electron chi connectivity index (χ0n) is 18.4. The highest BCUT2D eigenvalue weighted by atomic mass is 35.5. The number of piperidine rings is 1. The first-order valence-electron chi connectivity index (χ1n) is 10.7. The van der Waals surface area contributed by atoms with Crippen LogP contribution >= 0.6 is 34.5 Å². The molecule has 3 atom stereocenters. The smallest absolute Gasteiger partial charge is 0.347 e. The number of carbonyl (C=O) groups excluding carboxylic acids is 1. The molecule has 0 bridgehead atoms. The quantitative estimate of drug-likeness (QED) is 0.429. The minimum Gasteiger partial charge on any atom is -0.497 e. The van der Waals surface area contributed by atoms with Crippen molar-refractivity contribution in [2.45, 2.75) is 19.4 Å². The third kappa shape index (κ3) is 4.12. The number of carboxylic acids is 1. The molecule has 1 aliphatic heterocycles. The van der Waals surface area contributed by atoms with Crippen molar-refractivity contribution >= 4 is 51.5 Å². The number of anilines is 1. The fourth-order valence-corrected chi connectivity index (χ4v) is 5.94. The molecule has 1 saturated carbocycles. The number of aryl methyl sites for hydroxylation is 1.